The lowest BCUT2D eigenvalue weighted by molar-refractivity contribution is -0.119. The Balaban J connectivity index is 1.44. The van der Waals surface area contributed by atoms with Crippen LogP contribution in [0.2, 0.25) is 0 Å². The van der Waals surface area contributed by atoms with Gasteiger partial charge in [0.1, 0.15) is 11.5 Å². The van der Waals surface area contributed by atoms with Crippen LogP contribution in [-0.2, 0) is 9.59 Å². The van der Waals surface area contributed by atoms with Crippen LogP contribution in [-0.4, -0.2) is 56.6 Å². The molecule has 0 unspecified atom stereocenters. The zero-order valence-corrected chi connectivity index (χ0v) is 18.0. The van der Waals surface area contributed by atoms with Gasteiger partial charge >= 0.3 is 0 Å². The van der Waals surface area contributed by atoms with Crippen molar-refractivity contribution < 1.29 is 19.1 Å². The molecule has 0 bridgehead atoms. The van der Waals surface area contributed by atoms with E-state index in [4.69, 9.17) is 9.47 Å². The fourth-order valence-corrected chi connectivity index (χ4v) is 3.54. The average Bonchev–Trinajstić information content (AvgIpc) is 2.79. The van der Waals surface area contributed by atoms with Crippen LogP contribution in [0.15, 0.2) is 54.6 Å². The molecule has 0 saturated carbocycles. The highest BCUT2D eigenvalue weighted by molar-refractivity contribution is 5.93. The van der Waals surface area contributed by atoms with Gasteiger partial charge in [-0.3, -0.25) is 14.5 Å². The molecule has 1 heterocycles. The third-order valence-electron chi connectivity index (χ3n) is 5.21. The summed E-state index contributed by atoms with van der Waals surface area (Å²) < 4.78 is 10.6. The molecule has 2 aromatic carbocycles. The molecule has 0 radical (unpaired) electrons. The summed E-state index contributed by atoms with van der Waals surface area (Å²) in [6, 6.07) is 15.0. The molecule has 7 nitrogen and oxygen atoms in total. The summed E-state index contributed by atoms with van der Waals surface area (Å²) in [4.78, 5) is 26.7. The van der Waals surface area contributed by atoms with E-state index in [9.17, 15) is 9.59 Å². The van der Waals surface area contributed by atoms with Crippen LogP contribution in [0.5, 0.6) is 11.5 Å². The second-order valence-corrected chi connectivity index (χ2v) is 7.41. The third-order valence-corrected chi connectivity index (χ3v) is 5.21. The minimum absolute atomic E-state index is 0.0242. The number of carbonyl (C=O) groups excluding carboxylic acids is 2. The molecule has 1 saturated heterocycles. The van der Waals surface area contributed by atoms with Crippen molar-refractivity contribution in [1.82, 2.24) is 10.2 Å². The van der Waals surface area contributed by atoms with Gasteiger partial charge in [-0.15, -0.1) is 0 Å². The quantitative estimate of drug-likeness (QED) is 0.638. The van der Waals surface area contributed by atoms with Crippen molar-refractivity contribution in [2.75, 3.05) is 39.2 Å². The van der Waals surface area contributed by atoms with E-state index in [0.29, 0.717) is 18.0 Å². The molecule has 164 valence electrons. The van der Waals surface area contributed by atoms with Gasteiger partial charge in [0.15, 0.2) is 0 Å². The smallest absolute Gasteiger partial charge is 0.244 e. The van der Waals surface area contributed by atoms with Crippen molar-refractivity contribution in [3.8, 4) is 11.5 Å². The highest BCUT2D eigenvalue weighted by Gasteiger charge is 2.21. The number of hydrogen-bond donors (Lipinski definition) is 2. The van der Waals surface area contributed by atoms with Crippen LogP contribution >= 0.6 is 0 Å². The Morgan fingerprint density at radius 2 is 1.81 bits per heavy atom. The molecular weight excluding hydrogens is 394 g/mol. The van der Waals surface area contributed by atoms with E-state index < -0.39 is 0 Å². The number of anilines is 1. The number of para-hydroxylation sites is 1. The molecule has 31 heavy (non-hydrogen) atoms. The first kappa shape index (κ1) is 22.4. The van der Waals surface area contributed by atoms with Crippen molar-refractivity contribution in [3.63, 3.8) is 0 Å². The molecule has 3 rings (SSSR count). The van der Waals surface area contributed by atoms with Gasteiger partial charge in [-0.05, 0) is 49.2 Å². The van der Waals surface area contributed by atoms with Gasteiger partial charge in [0.05, 0.1) is 20.8 Å². The van der Waals surface area contributed by atoms with Crippen LogP contribution in [0.25, 0.3) is 6.08 Å². The number of carbonyl (C=O) groups is 2. The van der Waals surface area contributed by atoms with Gasteiger partial charge < -0.3 is 20.1 Å². The van der Waals surface area contributed by atoms with Crippen LogP contribution in [0.4, 0.5) is 5.69 Å². The number of nitrogens with one attached hydrogen (secondary N) is 2. The number of piperidine rings is 1. The van der Waals surface area contributed by atoms with Gasteiger partial charge in [-0.25, -0.2) is 0 Å². The second kappa shape index (κ2) is 11.2. The van der Waals surface area contributed by atoms with Crippen LogP contribution in [0, 0.1) is 0 Å². The van der Waals surface area contributed by atoms with Crippen molar-refractivity contribution in [1.29, 1.82) is 0 Å². The molecule has 0 aliphatic carbocycles. The summed E-state index contributed by atoms with van der Waals surface area (Å²) in [7, 11) is 3.19. The maximum absolute atomic E-state index is 12.4. The van der Waals surface area contributed by atoms with E-state index >= 15 is 0 Å². The Labute approximate surface area is 183 Å². The minimum Gasteiger partial charge on any atom is -0.497 e. The average molecular weight is 424 g/mol. The molecule has 1 aliphatic rings. The third kappa shape index (κ3) is 6.86. The van der Waals surface area contributed by atoms with E-state index in [1.165, 1.54) is 6.08 Å². The SMILES string of the molecule is COc1ccc(OC)c(/C=C/C(=O)NC2CCN(CC(=O)Nc3ccccc3)CC2)c1. The number of likely N-dealkylation sites (tertiary alicyclic amines) is 1. The first-order chi connectivity index (χ1) is 15.1. The van der Waals surface area contributed by atoms with Gasteiger partial charge in [-0.1, -0.05) is 18.2 Å². The zero-order chi connectivity index (χ0) is 22.1. The lowest BCUT2D eigenvalue weighted by Crippen LogP contribution is -2.46. The molecule has 0 aromatic heterocycles. The van der Waals surface area contributed by atoms with E-state index in [-0.39, 0.29) is 17.9 Å². The Kier molecular flexibility index (Phi) is 8.06. The normalized spacial score (nSPS) is 14.9. The first-order valence-electron chi connectivity index (χ1n) is 10.3. The summed E-state index contributed by atoms with van der Waals surface area (Å²) in [6.07, 6.45) is 4.85. The fraction of sp³-hybridized carbons (Fsp3) is 0.333. The minimum atomic E-state index is -0.148. The predicted octanol–water partition coefficient (Wildman–Crippen LogP) is 2.94. The number of methoxy groups -OCH3 is 2. The van der Waals surface area contributed by atoms with Crippen LogP contribution in [0.3, 0.4) is 0 Å². The van der Waals surface area contributed by atoms with E-state index in [2.05, 4.69) is 15.5 Å². The monoisotopic (exact) mass is 423 g/mol. The Hall–Kier alpha value is -3.32. The Bertz CT molecular complexity index is 906. The predicted molar refractivity (Wildman–Crippen MR) is 121 cm³/mol. The first-order valence-corrected chi connectivity index (χ1v) is 10.3. The van der Waals surface area contributed by atoms with E-state index in [0.717, 1.165) is 37.2 Å². The Morgan fingerprint density at radius 1 is 1.06 bits per heavy atom. The molecule has 0 spiro atoms. The summed E-state index contributed by atoms with van der Waals surface area (Å²) in [5.41, 5.74) is 1.57. The maximum Gasteiger partial charge on any atom is 0.244 e. The van der Waals surface area contributed by atoms with Gasteiger partial charge in [-0.2, -0.15) is 0 Å². The summed E-state index contributed by atoms with van der Waals surface area (Å²) >= 11 is 0. The van der Waals surface area contributed by atoms with E-state index in [1.807, 2.05) is 42.5 Å². The van der Waals surface area contributed by atoms with Gasteiger partial charge in [0, 0.05) is 36.5 Å². The number of benzene rings is 2. The van der Waals surface area contributed by atoms with Gasteiger partial charge in [0.25, 0.3) is 0 Å². The molecule has 2 aromatic rings. The number of hydrogen-bond acceptors (Lipinski definition) is 5. The largest absolute Gasteiger partial charge is 0.497 e. The molecule has 2 amide bonds. The number of ether oxygens (including phenoxy) is 2. The highest BCUT2D eigenvalue weighted by atomic mass is 16.5. The molecule has 7 heteroatoms. The molecule has 1 fully saturated rings. The van der Waals surface area contributed by atoms with E-state index in [1.54, 1.807) is 26.4 Å². The lowest BCUT2D eigenvalue weighted by Gasteiger charge is -2.31. The second-order valence-electron chi connectivity index (χ2n) is 7.41. The summed E-state index contributed by atoms with van der Waals surface area (Å²) in [5, 5.41) is 5.95. The Morgan fingerprint density at radius 3 is 2.48 bits per heavy atom. The molecular formula is C24H29N3O4. The number of rotatable bonds is 8. The highest BCUT2D eigenvalue weighted by Crippen LogP contribution is 2.25. The lowest BCUT2D eigenvalue weighted by atomic mass is 10.0. The fourth-order valence-electron chi connectivity index (χ4n) is 3.54. The molecule has 0 atom stereocenters. The number of amides is 2. The molecule has 1 aliphatic heterocycles. The van der Waals surface area contributed by atoms with Crippen molar-refractivity contribution >= 4 is 23.6 Å². The topological polar surface area (TPSA) is 79.9 Å². The van der Waals surface area contributed by atoms with Crippen molar-refractivity contribution in [2.45, 2.75) is 18.9 Å². The van der Waals surface area contributed by atoms with Crippen LogP contribution in [0.1, 0.15) is 18.4 Å². The van der Waals surface area contributed by atoms with Crippen molar-refractivity contribution in [3.05, 3.63) is 60.2 Å². The van der Waals surface area contributed by atoms with Crippen LogP contribution < -0.4 is 20.1 Å². The zero-order valence-electron chi connectivity index (χ0n) is 18.0. The summed E-state index contributed by atoms with van der Waals surface area (Å²) in [6.45, 7) is 1.88. The standard InChI is InChI=1S/C24H29N3O4/c1-30-21-9-10-22(31-2)18(16-21)8-11-23(28)25-20-12-14-27(15-13-20)17-24(29)26-19-6-4-3-5-7-19/h3-11,16,20H,12-15,17H2,1-2H3,(H,25,28)(H,26,29)/b11-8+. The van der Waals surface area contributed by atoms with Gasteiger partial charge in [0.2, 0.25) is 11.8 Å². The molecule has 2 N–H and O–H groups in total. The number of nitrogens with zero attached hydrogens (tertiary/aromatic N) is 1. The van der Waals surface area contributed by atoms with Crippen molar-refractivity contribution in [2.24, 2.45) is 0 Å². The maximum atomic E-state index is 12.4. The summed E-state index contributed by atoms with van der Waals surface area (Å²) in [5.74, 6) is 1.20.